The van der Waals surface area contributed by atoms with Crippen molar-refractivity contribution in [3.63, 3.8) is 0 Å². The van der Waals surface area contributed by atoms with Crippen LogP contribution in [-0.2, 0) is 14.2 Å². The summed E-state index contributed by atoms with van der Waals surface area (Å²) in [7, 11) is 1.67. The van der Waals surface area contributed by atoms with Gasteiger partial charge in [-0.15, -0.1) is 0 Å². The van der Waals surface area contributed by atoms with E-state index in [2.05, 4.69) is 12.2 Å². The molecule has 1 aliphatic carbocycles. The van der Waals surface area contributed by atoms with E-state index in [1.807, 2.05) is 0 Å². The second kappa shape index (κ2) is 11.4. The van der Waals surface area contributed by atoms with Crippen molar-refractivity contribution < 1.29 is 19.3 Å². The van der Waals surface area contributed by atoms with Gasteiger partial charge >= 0.3 is 0 Å². The molecular formula is C16H33NO4. The van der Waals surface area contributed by atoms with E-state index >= 15 is 0 Å². The van der Waals surface area contributed by atoms with Gasteiger partial charge in [-0.25, -0.2) is 0 Å². The molecule has 2 N–H and O–H groups in total. The maximum atomic E-state index is 9.80. The highest BCUT2D eigenvalue weighted by molar-refractivity contribution is 4.98. The van der Waals surface area contributed by atoms with E-state index in [-0.39, 0.29) is 12.1 Å². The van der Waals surface area contributed by atoms with Gasteiger partial charge in [0, 0.05) is 19.3 Å². The zero-order valence-electron chi connectivity index (χ0n) is 13.7. The van der Waals surface area contributed by atoms with Crippen LogP contribution in [-0.4, -0.2) is 63.9 Å². The van der Waals surface area contributed by atoms with Crippen LogP contribution in [0.3, 0.4) is 0 Å². The summed E-state index contributed by atoms with van der Waals surface area (Å²) in [5.41, 5.74) is -0.0751. The maximum Gasteiger partial charge on any atom is 0.0701 e. The summed E-state index contributed by atoms with van der Waals surface area (Å²) in [6.45, 7) is 6.62. The Balaban J connectivity index is 2.14. The van der Waals surface area contributed by atoms with Crippen LogP contribution in [0.25, 0.3) is 0 Å². The highest BCUT2D eigenvalue weighted by Gasteiger charge is 2.41. The third kappa shape index (κ3) is 6.61. The van der Waals surface area contributed by atoms with E-state index in [9.17, 15) is 5.11 Å². The lowest BCUT2D eigenvalue weighted by Gasteiger charge is -2.35. The lowest BCUT2D eigenvalue weighted by molar-refractivity contribution is 0.0172. The summed E-state index contributed by atoms with van der Waals surface area (Å²) in [6, 6.07) is 0. The second-order valence-electron chi connectivity index (χ2n) is 5.84. The molecular weight excluding hydrogens is 270 g/mol. The smallest absolute Gasteiger partial charge is 0.0701 e. The molecule has 0 aromatic heterocycles. The van der Waals surface area contributed by atoms with Crippen molar-refractivity contribution in [2.75, 3.05) is 53.3 Å². The summed E-state index contributed by atoms with van der Waals surface area (Å²) in [4.78, 5) is 0. The van der Waals surface area contributed by atoms with Gasteiger partial charge in [0.1, 0.15) is 0 Å². The minimum Gasteiger partial charge on any atom is -0.394 e. The number of nitrogens with one attached hydrogen (secondary N) is 1. The van der Waals surface area contributed by atoms with Gasteiger partial charge in [0.05, 0.1) is 33.0 Å². The molecule has 1 rings (SSSR count). The molecule has 2 unspecified atom stereocenters. The minimum absolute atomic E-state index is 0.0751. The topological polar surface area (TPSA) is 60.0 Å². The molecule has 0 aliphatic heterocycles. The highest BCUT2D eigenvalue weighted by Crippen LogP contribution is 2.37. The van der Waals surface area contributed by atoms with Crippen molar-refractivity contribution in [3.8, 4) is 0 Å². The molecule has 126 valence electrons. The Morgan fingerprint density at radius 2 is 1.86 bits per heavy atom. The Labute approximate surface area is 129 Å². The molecule has 1 fully saturated rings. The lowest BCUT2D eigenvalue weighted by Crippen LogP contribution is -2.51. The monoisotopic (exact) mass is 303 g/mol. The molecule has 0 radical (unpaired) electrons. The number of aliphatic hydroxyl groups excluding tert-OH is 1. The standard InChI is InChI=1S/C16H33NO4/c1-3-8-17-16(14-18)7-4-5-15(16)6-9-20-12-13-21-11-10-19-2/h15,17-18H,3-14H2,1-2H3. The molecule has 0 heterocycles. The van der Waals surface area contributed by atoms with E-state index in [1.54, 1.807) is 7.11 Å². The van der Waals surface area contributed by atoms with Crippen LogP contribution < -0.4 is 5.32 Å². The molecule has 1 saturated carbocycles. The summed E-state index contributed by atoms with van der Waals surface area (Å²) < 4.78 is 15.9. The lowest BCUT2D eigenvalue weighted by atomic mass is 9.85. The largest absolute Gasteiger partial charge is 0.394 e. The third-order valence-corrected chi connectivity index (χ3v) is 4.38. The molecule has 1 aliphatic rings. The second-order valence-corrected chi connectivity index (χ2v) is 5.84. The van der Waals surface area contributed by atoms with Crippen LogP contribution >= 0.6 is 0 Å². The van der Waals surface area contributed by atoms with E-state index in [1.165, 1.54) is 12.8 Å². The van der Waals surface area contributed by atoms with Gasteiger partial charge in [0.2, 0.25) is 0 Å². The van der Waals surface area contributed by atoms with Crippen LogP contribution in [0.4, 0.5) is 0 Å². The van der Waals surface area contributed by atoms with Crippen LogP contribution in [0.5, 0.6) is 0 Å². The van der Waals surface area contributed by atoms with Crippen LogP contribution in [0.2, 0.25) is 0 Å². The zero-order valence-corrected chi connectivity index (χ0v) is 13.7. The molecule has 0 bridgehead atoms. The van der Waals surface area contributed by atoms with E-state index < -0.39 is 0 Å². The van der Waals surface area contributed by atoms with Crippen LogP contribution in [0.15, 0.2) is 0 Å². The Hall–Kier alpha value is -0.200. The predicted octanol–water partition coefficient (Wildman–Crippen LogP) is 1.59. The van der Waals surface area contributed by atoms with E-state index in [0.717, 1.165) is 32.4 Å². The van der Waals surface area contributed by atoms with Gasteiger partial charge in [-0.3, -0.25) is 0 Å². The average Bonchev–Trinajstić information content (AvgIpc) is 2.91. The summed E-state index contributed by atoms with van der Waals surface area (Å²) in [6.07, 6.45) is 5.57. The molecule has 0 saturated heterocycles. The minimum atomic E-state index is -0.0751. The fourth-order valence-corrected chi connectivity index (χ4v) is 3.13. The van der Waals surface area contributed by atoms with Gasteiger partial charge in [-0.1, -0.05) is 13.3 Å². The van der Waals surface area contributed by atoms with Crippen molar-refractivity contribution in [2.24, 2.45) is 5.92 Å². The molecule has 0 amide bonds. The van der Waals surface area contributed by atoms with Gasteiger partial charge < -0.3 is 24.6 Å². The first-order valence-electron chi connectivity index (χ1n) is 8.29. The normalized spacial score (nSPS) is 25.6. The molecule has 5 heteroatoms. The molecule has 0 spiro atoms. The van der Waals surface area contributed by atoms with Crippen molar-refractivity contribution in [1.29, 1.82) is 0 Å². The fourth-order valence-electron chi connectivity index (χ4n) is 3.13. The molecule has 5 nitrogen and oxygen atoms in total. The summed E-state index contributed by atoms with van der Waals surface area (Å²) in [5, 5.41) is 13.4. The quantitative estimate of drug-likeness (QED) is 0.506. The summed E-state index contributed by atoms with van der Waals surface area (Å²) in [5.74, 6) is 0.517. The number of aliphatic hydroxyl groups is 1. The van der Waals surface area contributed by atoms with Crippen molar-refractivity contribution in [2.45, 2.75) is 44.6 Å². The fraction of sp³-hybridized carbons (Fsp3) is 1.00. The Kier molecular flexibility index (Phi) is 10.2. The Morgan fingerprint density at radius 3 is 2.52 bits per heavy atom. The number of methoxy groups -OCH3 is 1. The van der Waals surface area contributed by atoms with Gasteiger partial charge in [-0.2, -0.15) is 0 Å². The number of hydrogen-bond acceptors (Lipinski definition) is 5. The third-order valence-electron chi connectivity index (χ3n) is 4.38. The highest BCUT2D eigenvalue weighted by atomic mass is 16.5. The van der Waals surface area contributed by atoms with Crippen molar-refractivity contribution in [1.82, 2.24) is 5.32 Å². The van der Waals surface area contributed by atoms with Crippen LogP contribution in [0.1, 0.15) is 39.0 Å². The Bertz CT molecular complexity index is 252. The van der Waals surface area contributed by atoms with Gasteiger partial charge in [0.15, 0.2) is 0 Å². The van der Waals surface area contributed by atoms with E-state index in [0.29, 0.717) is 32.3 Å². The summed E-state index contributed by atoms with van der Waals surface area (Å²) >= 11 is 0. The molecule has 2 atom stereocenters. The zero-order chi connectivity index (χ0) is 15.4. The first-order chi connectivity index (χ1) is 10.3. The van der Waals surface area contributed by atoms with E-state index in [4.69, 9.17) is 14.2 Å². The number of ether oxygens (including phenoxy) is 3. The van der Waals surface area contributed by atoms with Gasteiger partial charge in [-0.05, 0) is 38.1 Å². The maximum absolute atomic E-state index is 9.80. The molecule has 21 heavy (non-hydrogen) atoms. The van der Waals surface area contributed by atoms with Crippen molar-refractivity contribution >= 4 is 0 Å². The SMILES string of the molecule is CCCNC1(CO)CCCC1CCOCCOCCOC. The first kappa shape index (κ1) is 18.8. The van der Waals surface area contributed by atoms with Crippen molar-refractivity contribution in [3.05, 3.63) is 0 Å². The number of rotatable bonds is 13. The predicted molar refractivity (Wildman–Crippen MR) is 83.6 cm³/mol. The average molecular weight is 303 g/mol. The van der Waals surface area contributed by atoms with Crippen LogP contribution in [0, 0.1) is 5.92 Å². The molecule has 0 aromatic carbocycles. The number of hydrogen-bond donors (Lipinski definition) is 2. The van der Waals surface area contributed by atoms with Gasteiger partial charge in [0.25, 0.3) is 0 Å². The molecule has 0 aromatic rings. The Morgan fingerprint density at radius 1 is 1.14 bits per heavy atom. The first-order valence-corrected chi connectivity index (χ1v) is 8.29.